The summed E-state index contributed by atoms with van der Waals surface area (Å²) in [6.45, 7) is 5.84. The zero-order valence-corrected chi connectivity index (χ0v) is 12.3. The third-order valence-corrected chi connectivity index (χ3v) is 2.78. The van der Waals surface area contributed by atoms with Gasteiger partial charge in [-0.3, -0.25) is 9.59 Å². The van der Waals surface area contributed by atoms with Crippen molar-refractivity contribution in [2.75, 3.05) is 20.2 Å². The zero-order chi connectivity index (χ0) is 15.3. The fourth-order valence-corrected chi connectivity index (χ4v) is 1.98. The quantitative estimate of drug-likeness (QED) is 0.866. The molecule has 5 nitrogen and oxygen atoms in total. The molecule has 110 valence electrons. The van der Waals surface area contributed by atoms with Gasteiger partial charge < -0.3 is 14.7 Å². The lowest BCUT2D eigenvalue weighted by atomic mass is 10.1. The van der Waals surface area contributed by atoms with Crippen LogP contribution >= 0.6 is 0 Å². The summed E-state index contributed by atoms with van der Waals surface area (Å²) in [5.41, 5.74) is 1.32. The van der Waals surface area contributed by atoms with Gasteiger partial charge in [-0.25, -0.2) is 0 Å². The standard InChI is InChI=1S/C15H21NO4/c1-10(2)8-16(9-14(17)18)15(19)12-7-11(3)5-6-13(12)20-4/h5-7,10H,8-9H2,1-4H3,(H,17,18). The Labute approximate surface area is 119 Å². The predicted octanol–water partition coefficient (Wildman–Crippen LogP) is 2.19. The summed E-state index contributed by atoms with van der Waals surface area (Å²) in [5.74, 6) is -0.693. The van der Waals surface area contributed by atoms with Crippen molar-refractivity contribution in [1.29, 1.82) is 0 Å². The molecule has 0 heterocycles. The zero-order valence-electron chi connectivity index (χ0n) is 12.3. The molecule has 0 fully saturated rings. The van der Waals surface area contributed by atoms with Gasteiger partial charge in [0.1, 0.15) is 12.3 Å². The first kappa shape index (κ1) is 16.0. The number of nitrogens with zero attached hydrogens (tertiary/aromatic N) is 1. The van der Waals surface area contributed by atoms with Crippen molar-refractivity contribution in [3.05, 3.63) is 29.3 Å². The summed E-state index contributed by atoms with van der Waals surface area (Å²) in [6.07, 6.45) is 0. The van der Waals surface area contributed by atoms with Crippen LogP contribution in [0.4, 0.5) is 0 Å². The number of hydrogen-bond donors (Lipinski definition) is 1. The molecule has 1 N–H and O–H groups in total. The van der Waals surface area contributed by atoms with E-state index in [1.165, 1.54) is 12.0 Å². The summed E-state index contributed by atoms with van der Waals surface area (Å²) < 4.78 is 5.19. The molecule has 1 rings (SSSR count). The lowest BCUT2D eigenvalue weighted by molar-refractivity contribution is -0.137. The van der Waals surface area contributed by atoms with E-state index in [1.807, 2.05) is 26.8 Å². The summed E-state index contributed by atoms with van der Waals surface area (Å²) in [5, 5.41) is 8.95. The van der Waals surface area contributed by atoms with Crippen molar-refractivity contribution in [2.45, 2.75) is 20.8 Å². The molecule has 5 heteroatoms. The van der Waals surface area contributed by atoms with Gasteiger partial charge in [-0.2, -0.15) is 0 Å². The average molecular weight is 279 g/mol. The second kappa shape index (κ2) is 6.93. The molecule has 0 unspecified atom stereocenters. The van der Waals surface area contributed by atoms with E-state index in [1.54, 1.807) is 12.1 Å². The van der Waals surface area contributed by atoms with Gasteiger partial charge in [0.2, 0.25) is 0 Å². The molecule has 0 saturated carbocycles. The molecule has 0 bridgehead atoms. The summed E-state index contributed by atoms with van der Waals surface area (Å²) >= 11 is 0. The molecule has 0 aliphatic heterocycles. The van der Waals surface area contributed by atoms with Gasteiger partial charge in [0.25, 0.3) is 5.91 Å². The Hall–Kier alpha value is -2.04. The maximum absolute atomic E-state index is 12.5. The Kier molecular flexibility index (Phi) is 5.55. The minimum atomic E-state index is -1.02. The molecule has 0 spiro atoms. The highest BCUT2D eigenvalue weighted by Gasteiger charge is 2.22. The molecule has 0 aliphatic rings. The average Bonchev–Trinajstić information content (AvgIpc) is 2.36. The molecule has 0 radical (unpaired) electrons. The van der Waals surface area contributed by atoms with Crippen molar-refractivity contribution in [3.8, 4) is 5.75 Å². The van der Waals surface area contributed by atoms with Crippen LogP contribution in [0.3, 0.4) is 0 Å². The van der Waals surface area contributed by atoms with E-state index in [-0.39, 0.29) is 18.4 Å². The minimum Gasteiger partial charge on any atom is -0.496 e. The van der Waals surface area contributed by atoms with Crippen LogP contribution in [0, 0.1) is 12.8 Å². The van der Waals surface area contributed by atoms with Gasteiger partial charge >= 0.3 is 5.97 Å². The molecule has 0 atom stereocenters. The number of benzene rings is 1. The van der Waals surface area contributed by atoms with Crippen LogP contribution in [-0.2, 0) is 4.79 Å². The maximum atomic E-state index is 12.5. The molecular formula is C15H21NO4. The maximum Gasteiger partial charge on any atom is 0.323 e. The van der Waals surface area contributed by atoms with Crippen molar-refractivity contribution >= 4 is 11.9 Å². The van der Waals surface area contributed by atoms with Crippen LogP contribution in [0.15, 0.2) is 18.2 Å². The van der Waals surface area contributed by atoms with E-state index < -0.39 is 5.97 Å². The Morgan fingerprint density at radius 1 is 1.35 bits per heavy atom. The molecule has 0 saturated heterocycles. The van der Waals surface area contributed by atoms with Crippen LogP contribution in [0.5, 0.6) is 5.75 Å². The van der Waals surface area contributed by atoms with Crippen molar-refractivity contribution in [2.24, 2.45) is 5.92 Å². The Balaban J connectivity index is 3.10. The van der Waals surface area contributed by atoms with E-state index in [0.29, 0.717) is 17.9 Å². The SMILES string of the molecule is COc1ccc(C)cc1C(=O)N(CC(=O)O)CC(C)C. The first-order valence-electron chi connectivity index (χ1n) is 6.50. The number of hydrogen-bond acceptors (Lipinski definition) is 3. The summed E-state index contributed by atoms with van der Waals surface area (Å²) in [4.78, 5) is 24.8. The van der Waals surface area contributed by atoms with Crippen molar-refractivity contribution in [3.63, 3.8) is 0 Å². The number of ether oxygens (including phenoxy) is 1. The highest BCUT2D eigenvalue weighted by molar-refractivity contribution is 5.98. The van der Waals surface area contributed by atoms with E-state index >= 15 is 0 Å². The molecule has 1 aromatic carbocycles. The van der Waals surface area contributed by atoms with Gasteiger partial charge in [-0.1, -0.05) is 25.5 Å². The molecule has 0 aromatic heterocycles. The molecule has 1 aromatic rings. The summed E-state index contributed by atoms with van der Waals surface area (Å²) in [6, 6.07) is 5.28. The third kappa shape index (κ3) is 4.26. The van der Waals surface area contributed by atoms with Crippen LogP contribution < -0.4 is 4.74 Å². The number of aryl methyl sites for hydroxylation is 1. The van der Waals surface area contributed by atoms with E-state index in [0.717, 1.165) is 5.56 Å². The minimum absolute atomic E-state index is 0.189. The Morgan fingerprint density at radius 3 is 2.50 bits per heavy atom. The predicted molar refractivity (Wildman–Crippen MR) is 76.1 cm³/mol. The largest absolute Gasteiger partial charge is 0.496 e. The number of rotatable bonds is 6. The second-order valence-corrected chi connectivity index (χ2v) is 5.18. The molecular weight excluding hydrogens is 258 g/mol. The van der Waals surface area contributed by atoms with Gasteiger partial charge in [0, 0.05) is 6.54 Å². The number of carboxylic acids is 1. The third-order valence-electron chi connectivity index (χ3n) is 2.78. The second-order valence-electron chi connectivity index (χ2n) is 5.18. The number of carboxylic acid groups (broad SMARTS) is 1. The Morgan fingerprint density at radius 2 is 2.00 bits per heavy atom. The van der Waals surface area contributed by atoms with Crippen molar-refractivity contribution < 1.29 is 19.4 Å². The van der Waals surface area contributed by atoms with Gasteiger partial charge in [0.15, 0.2) is 0 Å². The van der Waals surface area contributed by atoms with Crippen LogP contribution in [0.2, 0.25) is 0 Å². The molecule has 0 aliphatic carbocycles. The topological polar surface area (TPSA) is 66.8 Å². The number of methoxy groups -OCH3 is 1. The number of amides is 1. The smallest absolute Gasteiger partial charge is 0.323 e. The van der Waals surface area contributed by atoms with Gasteiger partial charge in [-0.15, -0.1) is 0 Å². The van der Waals surface area contributed by atoms with Gasteiger partial charge in [0.05, 0.1) is 12.7 Å². The van der Waals surface area contributed by atoms with Gasteiger partial charge in [-0.05, 0) is 25.0 Å². The fraction of sp³-hybridized carbons (Fsp3) is 0.467. The normalized spacial score (nSPS) is 10.4. The van der Waals surface area contributed by atoms with Crippen LogP contribution in [-0.4, -0.2) is 42.1 Å². The summed E-state index contributed by atoms with van der Waals surface area (Å²) in [7, 11) is 1.49. The highest BCUT2D eigenvalue weighted by atomic mass is 16.5. The lowest BCUT2D eigenvalue weighted by Crippen LogP contribution is -2.38. The number of carbonyl (C=O) groups excluding carboxylic acids is 1. The molecule has 20 heavy (non-hydrogen) atoms. The highest BCUT2D eigenvalue weighted by Crippen LogP contribution is 2.21. The van der Waals surface area contributed by atoms with E-state index in [4.69, 9.17) is 9.84 Å². The van der Waals surface area contributed by atoms with E-state index in [2.05, 4.69) is 0 Å². The first-order chi connectivity index (χ1) is 9.35. The number of aliphatic carboxylic acids is 1. The Bertz CT molecular complexity index is 497. The molecule has 1 amide bonds. The van der Waals surface area contributed by atoms with Crippen LogP contribution in [0.1, 0.15) is 29.8 Å². The first-order valence-corrected chi connectivity index (χ1v) is 6.50. The van der Waals surface area contributed by atoms with E-state index in [9.17, 15) is 9.59 Å². The van der Waals surface area contributed by atoms with Crippen LogP contribution in [0.25, 0.3) is 0 Å². The van der Waals surface area contributed by atoms with Crippen molar-refractivity contribution in [1.82, 2.24) is 4.90 Å². The lowest BCUT2D eigenvalue weighted by Gasteiger charge is -2.23. The monoisotopic (exact) mass is 279 g/mol. The fourth-order valence-electron chi connectivity index (χ4n) is 1.98. The number of carbonyl (C=O) groups is 2.